The van der Waals surface area contributed by atoms with Crippen molar-refractivity contribution in [3.05, 3.63) is 29.8 Å². The third kappa shape index (κ3) is 5.34. The third-order valence-corrected chi connectivity index (χ3v) is 3.69. The number of sulfonamides is 1. The van der Waals surface area contributed by atoms with Crippen LogP contribution in [0, 0.1) is 11.8 Å². The molecular weight excluding hydrogens is 286 g/mol. The highest BCUT2D eigenvalue weighted by Gasteiger charge is 2.14. The minimum atomic E-state index is -3.79. The van der Waals surface area contributed by atoms with Gasteiger partial charge in [-0.05, 0) is 24.3 Å². The van der Waals surface area contributed by atoms with Gasteiger partial charge in [0.05, 0.1) is 4.90 Å². The van der Waals surface area contributed by atoms with Crippen molar-refractivity contribution in [3.63, 3.8) is 0 Å². The summed E-state index contributed by atoms with van der Waals surface area (Å²) >= 11 is 4.02. The summed E-state index contributed by atoms with van der Waals surface area (Å²) in [7, 11) is -3.79. The van der Waals surface area contributed by atoms with E-state index in [0.29, 0.717) is 17.7 Å². The lowest BCUT2D eigenvalue weighted by molar-refractivity contribution is -0.135. The van der Waals surface area contributed by atoms with Crippen LogP contribution in [0.2, 0.25) is 0 Å². The van der Waals surface area contributed by atoms with Crippen molar-refractivity contribution in [2.24, 2.45) is 0 Å². The molecule has 0 amide bonds. The fraction of sp³-hybridized carbons (Fsp3) is 0.250. The van der Waals surface area contributed by atoms with Crippen LogP contribution >= 0.6 is 12.6 Å². The molecule has 0 saturated heterocycles. The Morgan fingerprint density at radius 3 is 2.47 bits per heavy atom. The summed E-state index contributed by atoms with van der Waals surface area (Å²) in [6, 6.07) is 5.91. The van der Waals surface area contributed by atoms with Gasteiger partial charge in [-0.25, -0.2) is 8.42 Å². The zero-order valence-electron chi connectivity index (χ0n) is 9.96. The Labute approximate surface area is 117 Å². The molecule has 2 N–H and O–H groups in total. The van der Waals surface area contributed by atoms with Crippen LogP contribution in [-0.2, 0) is 14.8 Å². The zero-order chi connectivity index (χ0) is 14.3. The Kier molecular flexibility index (Phi) is 5.89. The number of hydrogen-bond acceptors (Lipinski definition) is 4. The predicted octanol–water partition coefficient (Wildman–Crippen LogP) is 0.721. The van der Waals surface area contributed by atoms with Crippen LogP contribution in [0.4, 0.5) is 0 Å². The number of benzene rings is 1. The number of carboxylic acid groups (broad SMARTS) is 1. The van der Waals surface area contributed by atoms with Gasteiger partial charge in [0.1, 0.15) is 6.54 Å². The fourth-order valence-electron chi connectivity index (χ4n) is 1.18. The molecule has 0 unspecified atom stereocenters. The molecule has 102 valence electrons. The van der Waals surface area contributed by atoms with E-state index in [9.17, 15) is 13.2 Å². The average molecular weight is 299 g/mol. The SMILES string of the molecule is O=C(O)CNS(=O)(=O)c1ccc(C#CCCS)cc1. The van der Waals surface area contributed by atoms with E-state index in [0.717, 1.165) is 0 Å². The molecule has 0 saturated carbocycles. The Morgan fingerprint density at radius 2 is 1.95 bits per heavy atom. The van der Waals surface area contributed by atoms with E-state index in [-0.39, 0.29) is 4.90 Å². The summed E-state index contributed by atoms with van der Waals surface area (Å²) in [4.78, 5) is 10.3. The highest BCUT2D eigenvalue weighted by Crippen LogP contribution is 2.09. The van der Waals surface area contributed by atoms with Crippen molar-refractivity contribution in [1.29, 1.82) is 0 Å². The van der Waals surface area contributed by atoms with Gasteiger partial charge in [-0.15, -0.1) is 0 Å². The molecule has 1 aromatic carbocycles. The van der Waals surface area contributed by atoms with Crippen molar-refractivity contribution in [2.75, 3.05) is 12.3 Å². The van der Waals surface area contributed by atoms with Crippen molar-refractivity contribution in [1.82, 2.24) is 4.72 Å². The molecule has 0 atom stereocenters. The number of carbonyl (C=O) groups is 1. The predicted molar refractivity (Wildman–Crippen MR) is 74.6 cm³/mol. The molecule has 19 heavy (non-hydrogen) atoms. The van der Waals surface area contributed by atoms with E-state index >= 15 is 0 Å². The van der Waals surface area contributed by atoms with Crippen LogP contribution in [0.25, 0.3) is 0 Å². The Balaban J connectivity index is 2.81. The molecular formula is C12H13NO4S2. The summed E-state index contributed by atoms with van der Waals surface area (Å²) < 4.78 is 25.3. The van der Waals surface area contributed by atoms with Crippen molar-refractivity contribution in [2.45, 2.75) is 11.3 Å². The van der Waals surface area contributed by atoms with Crippen LogP contribution in [-0.4, -0.2) is 31.8 Å². The first-order valence-electron chi connectivity index (χ1n) is 5.37. The maximum Gasteiger partial charge on any atom is 0.318 e. The largest absolute Gasteiger partial charge is 0.480 e. The van der Waals surface area contributed by atoms with Crippen LogP contribution < -0.4 is 4.72 Å². The van der Waals surface area contributed by atoms with E-state index in [4.69, 9.17) is 5.11 Å². The second-order valence-corrected chi connectivity index (χ2v) is 5.73. The molecule has 7 heteroatoms. The first-order valence-corrected chi connectivity index (χ1v) is 7.48. The smallest absolute Gasteiger partial charge is 0.318 e. The molecule has 0 bridgehead atoms. The summed E-state index contributed by atoms with van der Waals surface area (Å²) in [6.45, 7) is -0.647. The van der Waals surface area contributed by atoms with Crippen molar-refractivity contribution >= 4 is 28.6 Å². The molecule has 0 aliphatic carbocycles. The minimum absolute atomic E-state index is 0.00787. The fourth-order valence-corrected chi connectivity index (χ4v) is 2.26. The standard InChI is InChI=1S/C12H13NO4S2/c14-12(15)9-13-19(16,17)11-6-4-10(5-7-11)3-1-2-8-18/h4-7,13,18H,2,8-9H2,(H,14,15). The summed E-state index contributed by atoms with van der Waals surface area (Å²) in [5.41, 5.74) is 0.693. The van der Waals surface area contributed by atoms with Gasteiger partial charge >= 0.3 is 5.97 Å². The number of hydrogen-bond donors (Lipinski definition) is 3. The summed E-state index contributed by atoms with van der Waals surface area (Å²) in [5, 5.41) is 8.44. The lowest BCUT2D eigenvalue weighted by atomic mass is 10.2. The molecule has 0 spiro atoms. The number of thiol groups is 1. The molecule has 0 fully saturated rings. The molecule has 0 radical (unpaired) electrons. The Morgan fingerprint density at radius 1 is 1.32 bits per heavy atom. The Bertz CT molecular complexity index is 597. The molecule has 0 heterocycles. The minimum Gasteiger partial charge on any atom is -0.480 e. The van der Waals surface area contributed by atoms with Crippen LogP contribution in [0.3, 0.4) is 0 Å². The maximum absolute atomic E-state index is 11.7. The second kappa shape index (κ2) is 7.19. The molecule has 1 aromatic rings. The first-order chi connectivity index (χ1) is 8.95. The van der Waals surface area contributed by atoms with Gasteiger partial charge in [-0.3, -0.25) is 4.79 Å². The topological polar surface area (TPSA) is 83.5 Å². The van der Waals surface area contributed by atoms with Crippen molar-refractivity contribution in [3.8, 4) is 11.8 Å². The quantitative estimate of drug-likeness (QED) is 0.552. The lowest BCUT2D eigenvalue weighted by Crippen LogP contribution is -2.29. The van der Waals surface area contributed by atoms with E-state index in [1.807, 2.05) is 4.72 Å². The van der Waals surface area contributed by atoms with Gasteiger partial charge in [0, 0.05) is 17.7 Å². The van der Waals surface area contributed by atoms with Gasteiger partial charge in [-0.2, -0.15) is 17.4 Å². The van der Waals surface area contributed by atoms with Crippen molar-refractivity contribution < 1.29 is 18.3 Å². The maximum atomic E-state index is 11.7. The molecule has 0 aromatic heterocycles. The zero-order valence-corrected chi connectivity index (χ0v) is 11.7. The average Bonchev–Trinajstić information content (AvgIpc) is 2.37. The first kappa shape index (κ1) is 15.6. The molecule has 0 aliphatic heterocycles. The third-order valence-electron chi connectivity index (χ3n) is 2.05. The van der Waals surface area contributed by atoms with E-state index < -0.39 is 22.5 Å². The summed E-state index contributed by atoms with van der Waals surface area (Å²) in [5.74, 6) is 5.17. The van der Waals surface area contributed by atoms with Gasteiger partial charge in [0.2, 0.25) is 10.0 Å². The van der Waals surface area contributed by atoms with Crippen LogP contribution in [0.1, 0.15) is 12.0 Å². The van der Waals surface area contributed by atoms with E-state index in [1.165, 1.54) is 12.1 Å². The monoisotopic (exact) mass is 299 g/mol. The van der Waals surface area contributed by atoms with Gasteiger partial charge < -0.3 is 5.11 Å². The highest BCUT2D eigenvalue weighted by molar-refractivity contribution is 7.89. The van der Waals surface area contributed by atoms with Gasteiger partial charge in [0.15, 0.2) is 0 Å². The Hall–Kier alpha value is -1.49. The van der Waals surface area contributed by atoms with Gasteiger partial charge in [0.25, 0.3) is 0 Å². The highest BCUT2D eigenvalue weighted by atomic mass is 32.2. The number of nitrogens with one attached hydrogen (secondary N) is 1. The van der Waals surface area contributed by atoms with Gasteiger partial charge in [-0.1, -0.05) is 11.8 Å². The second-order valence-electron chi connectivity index (χ2n) is 3.52. The van der Waals surface area contributed by atoms with Crippen LogP contribution in [0.5, 0.6) is 0 Å². The number of carboxylic acids is 1. The molecule has 5 nitrogen and oxygen atoms in total. The normalized spacial score (nSPS) is 10.6. The molecule has 1 rings (SSSR count). The summed E-state index contributed by atoms with van der Waals surface area (Å²) in [6.07, 6.45) is 0.656. The lowest BCUT2D eigenvalue weighted by Gasteiger charge is -2.04. The number of aliphatic carboxylic acids is 1. The number of rotatable bonds is 5. The van der Waals surface area contributed by atoms with E-state index in [2.05, 4.69) is 24.5 Å². The molecule has 0 aliphatic rings. The van der Waals surface area contributed by atoms with Crippen LogP contribution in [0.15, 0.2) is 29.2 Å². The van der Waals surface area contributed by atoms with E-state index in [1.54, 1.807) is 12.1 Å².